The lowest BCUT2D eigenvalue weighted by molar-refractivity contribution is 0.532. The molecule has 0 atom stereocenters. The van der Waals surface area contributed by atoms with E-state index in [0.29, 0.717) is 6.04 Å². The minimum atomic E-state index is 0.412. The molecule has 0 saturated carbocycles. The van der Waals surface area contributed by atoms with E-state index in [1.807, 2.05) is 10.9 Å². The first-order valence-corrected chi connectivity index (χ1v) is 5.29. The van der Waals surface area contributed by atoms with E-state index in [1.54, 1.807) is 0 Å². The summed E-state index contributed by atoms with van der Waals surface area (Å²) in [6.07, 6.45) is 4.00. The van der Waals surface area contributed by atoms with Gasteiger partial charge in [0, 0.05) is 23.6 Å². The lowest BCUT2D eigenvalue weighted by atomic mass is 10.4. The van der Waals surface area contributed by atoms with Crippen LogP contribution in [0.5, 0.6) is 0 Å². The van der Waals surface area contributed by atoms with E-state index in [2.05, 4.69) is 55.7 Å². The van der Waals surface area contributed by atoms with Crippen molar-refractivity contribution < 1.29 is 0 Å². The van der Waals surface area contributed by atoms with Gasteiger partial charge in [-0.2, -0.15) is 5.10 Å². The summed E-state index contributed by atoms with van der Waals surface area (Å²) in [6.45, 7) is 8.48. The first-order chi connectivity index (χ1) is 7.09. The van der Waals surface area contributed by atoms with Gasteiger partial charge in [0.25, 0.3) is 0 Å². The van der Waals surface area contributed by atoms with E-state index in [4.69, 9.17) is 0 Å². The van der Waals surface area contributed by atoms with Crippen LogP contribution in [-0.2, 0) is 0 Å². The third-order valence-corrected chi connectivity index (χ3v) is 2.65. The van der Waals surface area contributed by atoms with Gasteiger partial charge in [-0.1, -0.05) is 0 Å². The third kappa shape index (κ3) is 1.69. The number of nitrogens with zero attached hydrogens (tertiary/aromatic N) is 3. The van der Waals surface area contributed by atoms with Crippen molar-refractivity contribution in [3.05, 3.63) is 35.9 Å². The van der Waals surface area contributed by atoms with Crippen LogP contribution in [0.4, 0.5) is 0 Å². The average molecular weight is 203 g/mol. The van der Waals surface area contributed by atoms with E-state index in [-0.39, 0.29) is 0 Å². The molecule has 0 bridgehead atoms. The second kappa shape index (κ2) is 3.57. The van der Waals surface area contributed by atoms with E-state index in [9.17, 15) is 0 Å². The molecule has 0 fully saturated rings. The van der Waals surface area contributed by atoms with Crippen molar-refractivity contribution in [2.24, 2.45) is 0 Å². The largest absolute Gasteiger partial charge is 0.316 e. The zero-order valence-electron chi connectivity index (χ0n) is 9.73. The lowest BCUT2D eigenvalue weighted by Crippen LogP contribution is -2.01. The van der Waals surface area contributed by atoms with Crippen molar-refractivity contribution in [2.45, 2.75) is 33.7 Å². The summed E-state index contributed by atoms with van der Waals surface area (Å²) in [5.74, 6) is 0. The van der Waals surface area contributed by atoms with Gasteiger partial charge in [0.2, 0.25) is 0 Å². The Hall–Kier alpha value is -1.51. The van der Waals surface area contributed by atoms with Gasteiger partial charge in [0.15, 0.2) is 0 Å². The van der Waals surface area contributed by atoms with Crippen LogP contribution in [0.1, 0.15) is 31.3 Å². The zero-order valence-corrected chi connectivity index (χ0v) is 9.73. The van der Waals surface area contributed by atoms with E-state index in [1.165, 1.54) is 11.4 Å². The van der Waals surface area contributed by atoms with Crippen molar-refractivity contribution >= 4 is 0 Å². The average Bonchev–Trinajstić information content (AvgIpc) is 2.73. The molecule has 0 spiro atoms. The first-order valence-electron chi connectivity index (χ1n) is 5.29. The predicted octanol–water partition coefficient (Wildman–Crippen LogP) is 2.87. The van der Waals surface area contributed by atoms with Crippen LogP contribution in [0.15, 0.2) is 24.5 Å². The van der Waals surface area contributed by atoms with Gasteiger partial charge in [-0.3, -0.25) is 4.68 Å². The second-order valence-electron chi connectivity index (χ2n) is 4.22. The zero-order chi connectivity index (χ0) is 11.0. The van der Waals surface area contributed by atoms with Gasteiger partial charge in [-0.25, -0.2) is 0 Å². The molecular weight excluding hydrogens is 186 g/mol. The molecule has 0 saturated heterocycles. The molecule has 3 nitrogen and oxygen atoms in total. The highest BCUT2D eigenvalue weighted by Crippen LogP contribution is 2.16. The maximum atomic E-state index is 4.35. The predicted molar refractivity (Wildman–Crippen MR) is 61.4 cm³/mol. The Balaban J connectivity index is 2.46. The molecule has 0 unspecified atom stereocenters. The van der Waals surface area contributed by atoms with Crippen LogP contribution in [0.25, 0.3) is 5.69 Å². The molecule has 3 heteroatoms. The van der Waals surface area contributed by atoms with Gasteiger partial charge in [-0.05, 0) is 39.8 Å². The maximum Gasteiger partial charge on any atom is 0.0837 e. The van der Waals surface area contributed by atoms with Crippen LogP contribution in [-0.4, -0.2) is 14.3 Å². The molecule has 0 aliphatic rings. The van der Waals surface area contributed by atoms with Crippen molar-refractivity contribution in [1.29, 1.82) is 0 Å². The van der Waals surface area contributed by atoms with Crippen LogP contribution in [0.2, 0.25) is 0 Å². The summed E-state index contributed by atoms with van der Waals surface area (Å²) in [4.78, 5) is 0. The van der Waals surface area contributed by atoms with Crippen LogP contribution in [0, 0.1) is 13.8 Å². The molecular formula is C12H17N3. The molecule has 0 aromatic carbocycles. The summed E-state index contributed by atoms with van der Waals surface area (Å²) in [7, 11) is 0. The number of hydrogen-bond acceptors (Lipinski definition) is 1. The summed E-state index contributed by atoms with van der Waals surface area (Å²) >= 11 is 0. The smallest absolute Gasteiger partial charge is 0.0837 e. The summed E-state index contributed by atoms with van der Waals surface area (Å²) < 4.78 is 4.19. The number of rotatable bonds is 2. The number of aryl methyl sites for hydroxylation is 2. The standard InChI is InChI=1S/C12H17N3/c1-9(2)14-8-12(7-13-14)15-10(3)5-6-11(15)4/h5-9H,1-4H3. The van der Waals surface area contributed by atoms with Gasteiger partial charge in [0.05, 0.1) is 11.9 Å². The molecule has 2 rings (SSSR count). The van der Waals surface area contributed by atoms with E-state index in [0.717, 1.165) is 5.69 Å². The highest BCUT2D eigenvalue weighted by atomic mass is 15.3. The SMILES string of the molecule is Cc1ccc(C)n1-c1cnn(C(C)C)c1. The molecule has 0 aliphatic carbocycles. The fraction of sp³-hybridized carbons (Fsp3) is 0.417. The first kappa shape index (κ1) is 10.0. The Bertz CT molecular complexity index is 443. The van der Waals surface area contributed by atoms with Crippen LogP contribution < -0.4 is 0 Å². The number of hydrogen-bond donors (Lipinski definition) is 0. The molecule has 0 N–H and O–H groups in total. The minimum Gasteiger partial charge on any atom is -0.316 e. The normalized spacial score (nSPS) is 11.3. The van der Waals surface area contributed by atoms with Crippen molar-refractivity contribution in [3.63, 3.8) is 0 Å². The quantitative estimate of drug-likeness (QED) is 0.736. The Morgan fingerprint density at radius 3 is 2.20 bits per heavy atom. The molecule has 0 radical (unpaired) electrons. The monoisotopic (exact) mass is 203 g/mol. The fourth-order valence-corrected chi connectivity index (χ4v) is 1.80. The Morgan fingerprint density at radius 2 is 1.73 bits per heavy atom. The van der Waals surface area contributed by atoms with Gasteiger partial charge in [-0.15, -0.1) is 0 Å². The molecule has 0 aliphatic heterocycles. The Labute approximate surface area is 90.3 Å². The second-order valence-corrected chi connectivity index (χ2v) is 4.22. The van der Waals surface area contributed by atoms with Gasteiger partial charge < -0.3 is 4.57 Å². The molecule has 2 heterocycles. The Kier molecular flexibility index (Phi) is 2.39. The topological polar surface area (TPSA) is 22.8 Å². The van der Waals surface area contributed by atoms with Gasteiger partial charge in [0.1, 0.15) is 0 Å². The lowest BCUT2D eigenvalue weighted by Gasteiger charge is -2.06. The maximum absolute atomic E-state index is 4.35. The number of aromatic nitrogens is 3. The van der Waals surface area contributed by atoms with E-state index < -0.39 is 0 Å². The van der Waals surface area contributed by atoms with Crippen molar-refractivity contribution in [2.75, 3.05) is 0 Å². The summed E-state index contributed by atoms with van der Waals surface area (Å²) in [6, 6.07) is 4.67. The molecule has 15 heavy (non-hydrogen) atoms. The highest BCUT2D eigenvalue weighted by Gasteiger charge is 2.07. The van der Waals surface area contributed by atoms with Crippen molar-refractivity contribution in [1.82, 2.24) is 14.3 Å². The molecule has 2 aromatic heterocycles. The van der Waals surface area contributed by atoms with E-state index >= 15 is 0 Å². The molecule has 80 valence electrons. The Morgan fingerprint density at radius 1 is 1.13 bits per heavy atom. The molecule has 0 amide bonds. The van der Waals surface area contributed by atoms with Crippen molar-refractivity contribution in [3.8, 4) is 5.69 Å². The van der Waals surface area contributed by atoms with Crippen LogP contribution in [0.3, 0.4) is 0 Å². The summed E-state index contributed by atoms with van der Waals surface area (Å²) in [5, 5.41) is 4.35. The van der Waals surface area contributed by atoms with Gasteiger partial charge >= 0.3 is 0 Å². The fourth-order valence-electron chi connectivity index (χ4n) is 1.80. The molecule has 2 aromatic rings. The highest BCUT2D eigenvalue weighted by molar-refractivity contribution is 5.33. The minimum absolute atomic E-state index is 0.412. The third-order valence-electron chi connectivity index (χ3n) is 2.65. The summed E-state index contributed by atoms with van der Waals surface area (Å²) in [5.41, 5.74) is 3.63. The van der Waals surface area contributed by atoms with Crippen LogP contribution >= 0.6 is 0 Å².